The summed E-state index contributed by atoms with van der Waals surface area (Å²) in [5, 5.41) is 13.3. The molecule has 1 amide bonds. The number of aryl methyl sites for hydroxylation is 2. The number of carbonyl (C=O) groups excluding carboxylic acids is 1. The largest absolute Gasteiger partial charge is 0.467 e. The molecule has 0 aromatic carbocycles. The second kappa shape index (κ2) is 6.60. The Morgan fingerprint density at radius 2 is 2.12 bits per heavy atom. The average Bonchev–Trinajstić information content (AvgIpc) is 3.21. The van der Waals surface area contributed by atoms with Crippen LogP contribution in [0.5, 0.6) is 5.88 Å². The molecule has 1 saturated carbocycles. The van der Waals surface area contributed by atoms with E-state index in [1.54, 1.807) is 11.3 Å². The number of ether oxygens (including phenoxy) is 1. The van der Waals surface area contributed by atoms with Gasteiger partial charge in [-0.15, -0.1) is 11.3 Å². The summed E-state index contributed by atoms with van der Waals surface area (Å²) < 4.78 is 5.73. The summed E-state index contributed by atoms with van der Waals surface area (Å²) in [6, 6.07) is 2.29. The van der Waals surface area contributed by atoms with Gasteiger partial charge in [0.25, 0.3) is 5.91 Å². The van der Waals surface area contributed by atoms with E-state index in [1.807, 2.05) is 0 Å². The second-order valence-corrected chi connectivity index (χ2v) is 7.89. The van der Waals surface area contributed by atoms with Crippen LogP contribution in [0.1, 0.15) is 49.0 Å². The number of rotatable bonds is 4. The van der Waals surface area contributed by atoms with Gasteiger partial charge in [0.2, 0.25) is 5.88 Å². The first-order chi connectivity index (χ1) is 12.2. The molecule has 2 aliphatic carbocycles. The Labute approximate surface area is 150 Å². The first kappa shape index (κ1) is 16.3. The van der Waals surface area contributed by atoms with Gasteiger partial charge in [-0.05, 0) is 37.7 Å². The van der Waals surface area contributed by atoms with Gasteiger partial charge in [0.15, 0.2) is 6.61 Å². The minimum atomic E-state index is -0.733. The van der Waals surface area contributed by atoms with Gasteiger partial charge >= 0.3 is 0 Å². The molecule has 2 aliphatic rings. The number of nitrogens with zero attached hydrogens (tertiary/aromatic N) is 3. The molecule has 4 rings (SSSR count). The van der Waals surface area contributed by atoms with Crippen LogP contribution < -0.4 is 10.1 Å². The van der Waals surface area contributed by atoms with Crippen molar-refractivity contribution < 1.29 is 9.53 Å². The van der Waals surface area contributed by atoms with E-state index in [4.69, 9.17) is 4.74 Å². The molecule has 0 unspecified atom stereocenters. The molecular formula is C18H20N4O2S. The van der Waals surface area contributed by atoms with Crippen LogP contribution in [0.25, 0.3) is 10.2 Å². The number of fused-ring (bicyclic) bond motifs is 3. The van der Waals surface area contributed by atoms with E-state index in [2.05, 4.69) is 21.4 Å². The highest BCUT2D eigenvalue weighted by Crippen LogP contribution is 2.39. The number of carbonyl (C=O) groups is 1. The van der Waals surface area contributed by atoms with Crippen LogP contribution in [-0.2, 0) is 17.6 Å². The lowest BCUT2D eigenvalue weighted by Crippen LogP contribution is -2.50. The molecule has 2 aromatic rings. The summed E-state index contributed by atoms with van der Waals surface area (Å²) >= 11 is 1.69. The minimum Gasteiger partial charge on any atom is -0.467 e. The van der Waals surface area contributed by atoms with Gasteiger partial charge in [0.1, 0.15) is 16.7 Å². The Morgan fingerprint density at radius 1 is 1.28 bits per heavy atom. The number of nitriles is 1. The third-order valence-corrected chi connectivity index (χ3v) is 6.31. The minimum absolute atomic E-state index is 0.125. The van der Waals surface area contributed by atoms with Crippen LogP contribution in [0.4, 0.5) is 0 Å². The Kier molecular flexibility index (Phi) is 4.30. The summed E-state index contributed by atoms with van der Waals surface area (Å²) in [7, 11) is 0. The SMILES string of the molecule is N#CC1(NC(=O)COc2ncnc3sc4c(c23)CCC4)CCCCC1. The molecule has 130 valence electrons. The van der Waals surface area contributed by atoms with Crippen molar-refractivity contribution in [1.29, 1.82) is 5.26 Å². The van der Waals surface area contributed by atoms with Crippen molar-refractivity contribution in [2.24, 2.45) is 0 Å². The van der Waals surface area contributed by atoms with Gasteiger partial charge in [-0.2, -0.15) is 5.26 Å². The van der Waals surface area contributed by atoms with Crippen LogP contribution in [0.3, 0.4) is 0 Å². The zero-order valence-corrected chi connectivity index (χ0v) is 14.8. The molecule has 2 heterocycles. The lowest BCUT2D eigenvalue weighted by atomic mass is 9.83. The molecule has 0 bridgehead atoms. The van der Waals surface area contributed by atoms with Gasteiger partial charge in [-0.3, -0.25) is 4.79 Å². The van der Waals surface area contributed by atoms with Gasteiger partial charge in [-0.25, -0.2) is 9.97 Å². The van der Waals surface area contributed by atoms with Crippen molar-refractivity contribution in [2.75, 3.05) is 6.61 Å². The van der Waals surface area contributed by atoms with E-state index in [0.29, 0.717) is 18.7 Å². The number of thiophene rings is 1. The Balaban J connectivity index is 1.47. The lowest BCUT2D eigenvalue weighted by Gasteiger charge is -2.31. The third-order valence-electron chi connectivity index (χ3n) is 5.11. The number of amides is 1. The van der Waals surface area contributed by atoms with Crippen molar-refractivity contribution in [3.63, 3.8) is 0 Å². The van der Waals surface area contributed by atoms with Crippen LogP contribution >= 0.6 is 11.3 Å². The summed E-state index contributed by atoms with van der Waals surface area (Å²) in [6.07, 6.45) is 9.23. The molecule has 0 aliphatic heterocycles. The predicted octanol–water partition coefficient (Wildman–Crippen LogP) is 2.90. The van der Waals surface area contributed by atoms with Gasteiger partial charge in [0.05, 0.1) is 11.5 Å². The zero-order valence-electron chi connectivity index (χ0n) is 14.0. The van der Waals surface area contributed by atoms with Gasteiger partial charge < -0.3 is 10.1 Å². The van der Waals surface area contributed by atoms with E-state index in [0.717, 1.165) is 48.7 Å². The smallest absolute Gasteiger partial charge is 0.259 e. The average molecular weight is 356 g/mol. The van der Waals surface area contributed by atoms with Crippen LogP contribution in [0, 0.1) is 11.3 Å². The van der Waals surface area contributed by atoms with Crippen LogP contribution in [0.2, 0.25) is 0 Å². The quantitative estimate of drug-likeness (QED) is 0.910. The number of hydrogen-bond donors (Lipinski definition) is 1. The molecule has 2 aromatic heterocycles. The Bertz CT molecular complexity index is 849. The van der Waals surface area contributed by atoms with E-state index in [-0.39, 0.29) is 12.5 Å². The fraction of sp³-hybridized carbons (Fsp3) is 0.556. The lowest BCUT2D eigenvalue weighted by molar-refractivity contribution is -0.124. The molecule has 0 radical (unpaired) electrons. The molecule has 25 heavy (non-hydrogen) atoms. The molecule has 7 heteroatoms. The highest BCUT2D eigenvalue weighted by atomic mass is 32.1. The fourth-order valence-electron chi connectivity index (χ4n) is 3.87. The van der Waals surface area contributed by atoms with E-state index >= 15 is 0 Å². The summed E-state index contributed by atoms with van der Waals surface area (Å²) in [4.78, 5) is 23.2. The fourth-order valence-corrected chi connectivity index (χ4v) is 5.09. The molecule has 0 atom stereocenters. The first-order valence-electron chi connectivity index (χ1n) is 8.81. The maximum absolute atomic E-state index is 12.3. The summed E-state index contributed by atoms with van der Waals surface area (Å²) in [5.74, 6) is 0.219. The second-order valence-electron chi connectivity index (χ2n) is 6.81. The van der Waals surface area contributed by atoms with Crippen molar-refractivity contribution in [2.45, 2.75) is 56.9 Å². The topological polar surface area (TPSA) is 87.9 Å². The number of hydrogen-bond acceptors (Lipinski definition) is 6. The number of nitrogens with one attached hydrogen (secondary N) is 1. The van der Waals surface area contributed by atoms with Gasteiger partial charge in [-0.1, -0.05) is 19.3 Å². The Hall–Kier alpha value is -2.20. The molecule has 6 nitrogen and oxygen atoms in total. The van der Waals surface area contributed by atoms with Crippen LogP contribution in [-0.4, -0.2) is 28.0 Å². The molecular weight excluding hydrogens is 336 g/mol. The first-order valence-corrected chi connectivity index (χ1v) is 9.63. The third kappa shape index (κ3) is 3.07. The molecule has 1 N–H and O–H groups in total. The van der Waals surface area contributed by atoms with E-state index in [9.17, 15) is 10.1 Å². The zero-order chi connectivity index (χ0) is 17.3. The van der Waals surface area contributed by atoms with Crippen molar-refractivity contribution in [3.8, 4) is 11.9 Å². The summed E-state index contributed by atoms with van der Waals surface area (Å²) in [5.41, 5.74) is 0.542. The van der Waals surface area contributed by atoms with Crippen LogP contribution in [0.15, 0.2) is 6.33 Å². The summed E-state index contributed by atoms with van der Waals surface area (Å²) in [6.45, 7) is -0.125. The van der Waals surface area contributed by atoms with E-state index < -0.39 is 5.54 Å². The van der Waals surface area contributed by atoms with Crippen molar-refractivity contribution >= 4 is 27.5 Å². The monoisotopic (exact) mass is 356 g/mol. The normalized spacial score (nSPS) is 18.5. The molecule has 0 spiro atoms. The maximum atomic E-state index is 12.3. The molecule has 0 saturated heterocycles. The van der Waals surface area contributed by atoms with E-state index in [1.165, 1.54) is 16.8 Å². The predicted molar refractivity (Wildman–Crippen MR) is 94.5 cm³/mol. The Morgan fingerprint density at radius 3 is 2.92 bits per heavy atom. The molecule has 1 fully saturated rings. The number of aromatic nitrogens is 2. The maximum Gasteiger partial charge on any atom is 0.259 e. The standard InChI is InChI=1S/C18H20N4O2S/c19-10-18(7-2-1-3-8-18)22-14(23)9-24-16-15-12-5-4-6-13(12)25-17(15)21-11-20-16/h11H,1-9H2,(H,22,23). The highest BCUT2D eigenvalue weighted by Gasteiger charge is 2.33. The van der Waals surface area contributed by atoms with Gasteiger partial charge in [0, 0.05) is 4.88 Å². The van der Waals surface area contributed by atoms with Crippen molar-refractivity contribution in [1.82, 2.24) is 15.3 Å². The highest BCUT2D eigenvalue weighted by molar-refractivity contribution is 7.18. The van der Waals surface area contributed by atoms with Crippen molar-refractivity contribution in [3.05, 3.63) is 16.8 Å².